The molecular weight excluding hydrogens is 877 g/mol. The molecule has 0 spiro atoms. The summed E-state index contributed by atoms with van der Waals surface area (Å²) in [5.74, 6) is 2.87. The average Bonchev–Trinajstić information content (AvgIpc) is 3.89. The van der Waals surface area contributed by atoms with E-state index in [-0.39, 0.29) is 53.7 Å². The molecule has 4 aromatic carbocycles. The van der Waals surface area contributed by atoms with Gasteiger partial charge in [-0.25, -0.2) is 0 Å². The van der Waals surface area contributed by atoms with E-state index in [0.29, 0.717) is 5.41 Å². The quantitative estimate of drug-likeness (QED) is 0.125. The molecule has 0 aromatic heterocycles. The SMILES string of the molecule is C[Si](C)=[Ti].C[Si](C)=[Ti].Cc1cc2cc3c(cc2[cH-]1)CC(C)(C)C3.Cc1cc2cc3c(cc2[cH-]1)CCC3.[CH3-].[CH3-].[CH3-].[CH3-].[NH-]C12CC3CC(CC(C3)C1)C2.[NH-]C1CCCCCCCCCCC1. The number of fused-ring (bicyclic) bond motifs is 4. The Balaban J connectivity index is 0.000000397. The Hall–Kier alpha value is -0.558. The zero-order valence-electron chi connectivity index (χ0n) is 43.5. The third-order valence-electron chi connectivity index (χ3n) is 13.7. The van der Waals surface area contributed by atoms with Crippen molar-refractivity contribution in [2.75, 3.05) is 0 Å². The molecule has 2 nitrogen and oxygen atoms in total. The first kappa shape index (κ1) is 61.5. The summed E-state index contributed by atoms with van der Waals surface area (Å²) in [6.45, 7) is 18.1. The van der Waals surface area contributed by atoms with Crippen molar-refractivity contribution in [1.29, 1.82) is 0 Å². The van der Waals surface area contributed by atoms with E-state index in [1.54, 1.807) is 22.3 Å². The summed E-state index contributed by atoms with van der Waals surface area (Å²) in [4.78, 5) is 0. The molecule has 11 rings (SSSR count). The number of rotatable bonds is 0. The second-order valence-electron chi connectivity index (χ2n) is 21.6. The molecule has 0 amide bonds. The van der Waals surface area contributed by atoms with Gasteiger partial charge in [0.2, 0.25) is 0 Å². The maximum Gasteiger partial charge on any atom is -0.0237 e. The maximum absolute atomic E-state index is 8.21. The van der Waals surface area contributed by atoms with E-state index in [2.05, 4.69) is 141 Å². The van der Waals surface area contributed by atoms with Gasteiger partial charge in [-0.3, -0.25) is 0 Å². The zero-order valence-corrected chi connectivity index (χ0v) is 48.6. The van der Waals surface area contributed by atoms with Gasteiger partial charge in [0.25, 0.3) is 0 Å². The smallest absolute Gasteiger partial charge is 0.0237 e. The van der Waals surface area contributed by atoms with Gasteiger partial charge in [0.15, 0.2) is 0 Å². The largest absolute Gasteiger partial charge is 0.675 e. The van der Waals surface area contributed by atoms with Crippen LogP contribution in [0.2, 0.25) is 26.2 Å². The minimum absolute atomic E-state index is 0. The number of hydrogen-bond acceptors (Lipinski definition) is 0. The monoisotopic (exact) mass is 971 g/mol. The van der Waals surface area contributed by atoms with E-state index in [0.717, 1.165) is 30.6 Å². The van der Waals surface area contributed by atoms with E-state index in [1.165, 1.54) is 161 Å². The summed E-state index contributed by atoms with van der Waals surface area (Å²) in [5.41, 5.74) is 25.6. The topological polar surface area (TPSA) is 47.6 Å². The normalized spacial score (nSPS) is 23.5. The van der Waals surface area contributed by atoms with E-state index in [9.17, 15) is 0 Å². The van der Waals surface area contributed by atoms with Crippen LogP contribution in [-0.4, -0.2) is 24.0 Å². The fourth-order valence-corrected chi connectivity index (χ4v) is 11.7. The third-order valence-corrected chi connectivity index (χ3v) is 13.7. The Kier molecular flexibility index (Phi) is 28.3. The Bertz CT molecular complexity index is 1830. The molecule has 7 aliphatic rings. The van der Waals surface area contributed by atoms with Gasteiger partial charge in [-0.15, -0.1) is 80.7 Å². The van der Waals surface area contributed by atoms with Gasteiger partial charge in [-0.2, -0.15) is 12.1 Å². The van der Waals surface area contributed by atoms with E-state index in [4.69, 9.17) is 11.5 Å². The molecule has 4 aromatic rings. The second kappa shape index (κ2) is 29.5. The van der Waals surface area contributed by atoms with E-state index in [1.807, 2.05) is 0 Å². The molecule has 0 atom stereocenters. The van der Waals surface area contributed by atoms with Crippen molar-refractivity contribution >= 4 is 33.9 Å². The number of aryl methyl sites for hydroxylation is 4. The van der Waals surface area contributed by atoms with Gasteiger partial charge in [0.1, 0.15) is 0 Å². The van der Waals surface area contributed by atoms with Crippen molar-refractivity contribution in [2.24, 2.45) is 23.2 Å². The predicted octanol–water partition coefficient (Wildman–Crippen LogP) is 18.4. The molecule has 0 unspecified atom stereocenters. The molecule has 5 saturated carbocycles. The summed E-state index contributed by atoms with van der Waals surface area (Å²) in [6, 6.07) is 19.0. The second-order valence-corrected chi connectivity index (χ2v) is 35.0. The van der Waals surface area contributed by atoms with Crippen molar-refractivity contribution in [3.63, 3.8) is 0 Å². The Morgan fingerprint density at radius 3 is 1.25 bits per heavy atom. The first-order valence-electron chi connectivity index (χ1n) is 24.3. The van der Waals surface area contributed by atoms with Crippen molar-refractivity contribution in [3.05, 3.63) is 123 Å². The summed E-state index contributed by atoms with van der Waals surface area (Å²) >= 11 is 4.54. The average molecular weight is 971 g/mol. The van der Waals surface area contributed by atoms with Gasteiger partial charge in [-0.05, 0) is 74.5 Å². The minimum atomic E-state index is 0. The Morgan fingerprint density at radius 2 is 0.859 bits per heavy atom. The van der Waals surface area contributed by atoms with Crippen LogP contribution in [0.15, 0.2) is 48.5 Å². The first-order valence-corrected chi connectivity index (χ1v) is 34.0. The van der Waals surface area contributed by atoms with Crippen LogP contribution in [-0.2, 0) is 64.0 Å². The number of hydrogen-bond donors (Lipinski definition) is 0. The van der Waals surface area contributed by atoms with Gasteiger partial charge < -0.3 is 41.2 Å². The molecule has 64 heavy (non-hydrogen) atoms. The first-order chi connectivity index (χ1) is 28.5. The molecular formula is C58H94N2Si2Ti2-8. The van der Waals surface area contributed by atoms with Crippen LogP contribution in [0.5, 0.6) is 0 Å². The van der Waals surface area contributed by atoms with Gasteiger partial charge in [0.05, 0.1) is 0 Å². The molecule has 360 valence electrons. The van der Waals surface area contributed by atoms with Crippen LogP contribution in [0.4, 0.5) is 0 Å². The van der Waals surface area contributed by atoms with Crippen LogP contribution in [0.1, 0.15) is 163 Å². The molecule has 6 heteroatoms. The molecule has 7 aliphatic carbocycles. The van der Waals surface area contributed by atoms with E-state index < -0.39 is 0 Å². The van der Waals surface area contributed by atoms with E-state index >= 15 is 0 Å². The van der Waals surface area contributed by atoms with Crippen LogP contribution in [0.3, 0.4) is 0 Å². The van der Waals surface area contributed by atoms with Crippen molar-refractivity contribution in [2.45, 2.75) is 207 Å². The van der Waals surface area contributed by atoms with Gasteiger partial charge in [-0.1, -0.05) is 140 Å². The fourth-order valence-electron chi connectivity index (χ4n) is 11.7. The fraction of sp³-hybridized carbons (Fsp3) is 0.621. The third kappa shape index (κ3) is 20.6. The van der Waals surface area contributed by atoms with Crippen LogP contribution in [0.25, 0.3) is 33.0 Å². The Morgan fingerprint density at radius 1 is 0.531 bits per heavy atom. The van der Waals surface area contributed by atoms with Crippen molar-refractivity contribution in [1.82, 2.24) is 0 Å². The zero-order chi connectivity index (χ0) is 43.5. The summed E-state index contributed by atoms with van der Waals surface area (Å²) in [5, 5.41) is 5.70. The minimum Gasteiger partial charge on any atom is -0.675 e. The summed E-state index contributed by atoms with van der Waals surface area (Å²) in [6.07, 6.45) is 29.5. The molecule has 0 radical (unpaired) electrons. The standard InChI is InChI=1S/C15H17.C13H13.C12H24N.C10H16N.2C2H6Si.4CH3.2Ti/c1-10-4-11-6-13-8-15(2,3)9-14(13)7-12(11)5-10;1-9-5-12-7-10-3-2-4-11(10)8-13(12)6-9;13-12-10-8-6-4-2-1-3-5-7-9-11-12;11-10-4-7-1-8(5-10)3-9(2-7)6-10;2*1-3-2;;;;;;/h4-7H,8-9H2,1-3H3;5-8H,2-4H2,1H3;12-13H,1-11H2;7-9,11H,1-6H2;2*1-2H3;4*1H3;;/q4*-1;;;4*-1;;. The van der Waals surface area contributed by atoms with Gasteiger partial charge >= 0.3 is 76.9 Å². The predicted molar refractivity (Wildman–Crippen MR) is 287 cm³/mol. The van der Waals surface area contributed by atoms with Crippen LogP contribution >= 0.6 is 0 Å². The summed E-state index contributed by atoms with van der Waals surface area (Å²) in [7, 11) is 0. The maximum atomic E-state index is 8.21. The Labute approximate surface area is 422 Å². The van der Waals surface area contributed by atoms with Crippen molar-refractivity contribution < 1.29 is 38.3 Å². The molecule has 5 fully saturated rings. The molecule has 2 N–H and O–H groups in total. The molecule has 0 saturated heterocycles. The van der Waals surface area contributed by atoms with Crippen LogP contribution < -0.4 is 0 Å². The molecule has 4 bridgehead atoms. The number of nitrogens with one attached hydrogen (secondary N) is 2. The van der Waals surface area contributed by atoms with Crippen molar-refractivity contribution in [3.8, 4) is 0 Å². The molecule has 0 heterocycles. The summed E-state index contributed by atoms with van der Waals surface area (Å²) < 4.78 is 0. The number of benzene rings is 2. The molecule has 0 aliphatic heterocycles. The van der Waals surface area contributed by atoms with Gasteiger partial charge in [0, 0.05) is 0 Å². The van der Waals surface area contributed by atoms with Crippen LogP contribution in [0, 0.1) is 66.7 Å².